The summed E-state index contributed by atoms with van der Waals surface area (Å²) in [5.41, 5.74) is 2.57. The van der Waals surface area contributed by atoms with Gasteiger partial charge < -0.3 is 5.32 Å². The van der Waals surface area contributed by atoms with Crippen LogP contribution in [0.1, 0.15) is 24.0 Å². The van der Waals surface area contributed by atoms with Crippen LogP contribution >= 0.6 is 0 Å². The molecule has 0 unspecified atom stereocenters. The van der Waals surface area contributed by atoms with Crippen molar-refractivity contribution < 1.29 is 22.4 Å². The number of carbonyl (C=O) groups excluding carboxylic acids is 2. The van der Waals surface area contributed by atoms with Crippen molar-refractivity contribution in [3.05, 3.63) is 59.4 Å². The number of rotatable bonds is 4. The van der Waals surface area contributed by atoms with Crippen LogP contribution in [0.4, 0.5) is 10.1 Å². The monoisotopic (exact) mass is 390 g/mol. The largest absolute Gasteiger partial charge is 0.324 e. The van der Waals surface area contributed by atoms with Gasteiger partial charge in [0.2, 0.25) is 11.8 Å². The number of halogens is 1. The van der Waals surface area contributed by atoms with Crippen molar-refractivity contribution in [1.29, 1.82) is 0 Å². The number of amides is 2. The first-order valence-electron chi connectivity index (χ1n) is 8.41. The summed E-state index contributed by atoms with van der Waals surface area (Å²) >= 11 is 0. The van der Waals surface area contributed by atoms with Crippen LogP contribution in [0.15, 0.2) is 47.4 Å². The van der Waals surface area contributed by atoms with Crippen LogP contribution in [0, 0.1) is 19.7 Å². The van der Waals surface area contributed by atoms with Gasteiger partial charge in [-0.15, -0.1) is 0 Å². The molecule has 0 saturated carbocycles. The molecule has 2 amide bonds. The molecule has 0 spiro atoms. The number of anilines is 1. The van der Waals surface area contributed by atoms with Crippen molar-refractivity contribution in [2.24, 2.45) is 0 Å². The Morgan fingerprint density at radius 3 is 2.41 bits per heavy atom. The maximum atomic E-state index is 13.1. The van der Waals surface area contributed by atoms with E-state index in [1.165, 1.54) is 0 Å². The van der Waals surface area contributed by atoms with Gasteiger partial charge in [-0.3, -0.25) is 9.59 Å². The number of benzene rings is 2. The average molecular weight is 390 g/mol. The van der Waals surface area contributed by atoms with Gasteiger partial charge in [0, 0.05) is 12.1 Å². The Bertz CT molecular complexity index is 1000. The van der Waals surface area contributed by atoms with E-state index in [1.54, 1.807) is 12.1 Å². The Morgan fingerprint density at radius 1 is 1.11 bits per heavy atom. The van der Waals surface area contributed by atoms with Crippen LogP contribution < -0.4 is 5.32 Å². The molecule has 1 fully saturated rings. The van der Waals surface area contributed by atoms with E-state index >= 15 is 0 Å². The van der Waals surface area contributed by atoms with Gasteiger partial charge in [0.05, 0.1) is 4.90 Å². The number of nitrogens with zero attached hydrogens (tertiary/aromatic N) is 1. The normalized spacial score (nSPS) is 17.2. The molecule has 2 aromatic rings. The van der Waals surface area contributed by atoms with Crippen molar-refractivity contribution in [2.45, 2.75) is 37.6 Å². The van der Waals surface area contributed by atoms with Gasteiger partial charge in [-0.05, 0) is 67.8 Å². The second-order valence-electron chi connectivity index (χ2n) is 6.49. The summed E-state index contributed by atoms with van der Waals surface area (Å²) in [6, 6.07) is 8.35. The second-order valence-corrected chi connectivity index (χ2v) is 8.31. The molecule has 1 N–H and O–H groups in total. The van der Waals surface area contributed by atoms with Crippen molar-refractivity contribution in [3.63, 3.8) is 0 Å². The SMILES string of the molecule is Cc1ccc(NC(=O)[C@@H]2CCC(=O)N2S(=O)(=O)c2ccc(F)cc2)cc1C. The minimum Gasteiger partial charge on any atom is -0.324 e. The standard InChI is InChI=1S/C19H19FN2O4S/c1-12-3-6-15(11-13(12)2)21-19(24)17-9-10-18(23)22(17)27(25,26)16-7-4-14(20)5-8-16/h3-8,11,17H,9-10H2,1-2H3,(H,21,24)/t17-/m0/s1. The summed E-state index contributed by atoms with van der Waals surface area (Å²) in [5, 5.41) is 2.68. The van der Waals surface area contributed by atoms with E-state index in [0.29, 0.717) is 9.99 Å². The van der Waals surface area contributed by atoms with Crippen molar-refractivity contribution in [3.8, 4) is 0 Å². The average Bonchev–Trinajstić information content (AvgIpc) is 3.01. The van der Waals surface area contributed by atoms with E-state index in [4.69, 9.17) is 0 Å². The lowest BCUT2D eigenvalue weighted by atomic mass is 10.1. The molecule has 0 aliphatic carbocycles. The predicted molar refractivity (Wildman–Crippen MR) is 98.0 cm³/mol. The zero-order valence-electron chi connectivity index (χ0n) is 14.9. The van der Waals surface area contributed by atoms with Gasteiger partial charge in [0.1, 0.15) is 11.9 Å². The lowest BCUT2D eigenvalue weighted by molar-refractivity contribution is -0.128. The Balaban J connectivity index is 1.88. The Labute approximate surface area is 157 Å². The minimum atomic E-state index is -4.25. The van der Waals surface area contributed by atoms with Gasteiger partial charge in [-0.2, -0.15) is 0 Å². The van der Waals surface area contributed by atoms with Gasteiger partial charge >= 0.3 is 0 Å². The van der Waals surface area contributed by atoms with Crippen molar-refractivity contribution >= 4 is 27.5 Å². The highest BCUT2D eigenvalue weighted by Gasteiger charge is 2.44. The fourth-order valence-electron chi connectivity index (χ4n) is 2.97. The van der Waals surface area contributed by atoms with E-state index in [2.05, 4.69) is 5.32 Å². The highest BCUT2D eigenvalue weighted by Crippen LogP contribution is 2.28. The molecule has 0 bridgehead atoms. The van der Waals surface area contributed by atoms with Crippen molar-refractivity contribution in [1.82, 2.24) is 4.31 Å². The fourth-order valence-corrected chi connectivity index (χ4v) is 4.57. The summed E-state index contributed by atoms with van der Waals surface area (Å²) in [7, 11) is -4.25. The molecule has 2 aromatic carbocycles. The Kier molecular flexibility index (Phi) is 5.01. The number of hydrogen-bond acceptors (Lipinski definition) is 4. The van der Waals surface area contributed by atoms with Crippen LogP contribution in [0.2, 0.25) is 0 Å². The summed E-state index contributed by atoms with van der Waals surface area (Å²) in [6.07, 6.45) is 0.0430. The van der Waals surface area contributed by atoms with Crippen LogP contribution in [0.3, 0.4) is 0 Å². The summed E-state index contributed by atoms with van der Waals surface area (Å²) < 4.78 is 39.4. The topological polar surface area (TPSA) is 83.6 Å². The fraction of sp³-hybridized carbons (Fsp3) is 0.263. The van der Waals surface area contributed by atoms with Gasteiger partial charge in [0.25, 0.3) is 10.0 Å². The smallest absolute Gasteiger partial charge is 0.267 e. The van der Waals surface area contributed by atoms with E-state index in [0.717, 1.165) is 35.4 Å². The molecule has 3 rings (SSSR count). The number of sulfonamides is 1. The molecule has 1 heterocycles. The first-order valence-corrected chi connectivity index (χ1v) is 9.85. The number of nitrogens with one attached hydrogen (secondary N) is 1. The highest BCUT2D eigenvalue weighted by molar-refractivity contribution is 7.89. The molecule has 0 radical (unpaired) electrons. The molecule has 1 aliphatic heterocycles. The predicted octanol–water partition coefficient (Wildman–Crippen LogP) is 2.76. The van der Waals surface area contributed by atoms with Crippen LogP contribution in [0.5, 0.6) is 0 Å². The third-order valence-corrected chi connectivity index (χ3v) is 6.45. The molecular weight excluding hydrogens is 371 g/mol. The number of carbonyl (C=O) groups is 2. The summed E-state index contributed by atoms with van der Waals surface area (Å²) in [5.74, 6) is -1.82. The number of hydrogen-bond donors (Lipinski definition) is 1. The molecule has 1 aliphatic rings. The second kappa shape index (κ2) is 7.11. The maximum absolute atomic E-state index is 13.1. The van der Waals surface area contributed by atoms with E-state index in [1.807, 2.05) is 19.9 Å². The van der Waals surface area contributed by atoms with Gasteiger partial charge in [0.15, 0.2) is 0 Å². The summed E-state index contributed by atoms with van der Waals surface area (Å²) in [6.45, 7) is 3.84. The maximum Gasteiger partial charge on any atom is 0.267 e. The molecule has 6 nitrogen and oxygen atoms in total. The third-order valence-electron chi connectivity index (χ3n) is 4.61. The molecule has 142 valence electrons. The Morgan fingerprint density at radius 2 is 1.78 bits per heavy atom. The summed E-state index contributed by atoms with van der Waals surface area (Å²) in [4.78, 5) is 24.7. The van der Waals surface area contributed by atoms with Crippen LogP contribution in [0.25, 0.3) is 0 Å². The zero-order valence-corrected chi connectivity index (χ0v) is 15.7. The molecule has 8 heteroatoms. The molecule has 0 aromatic heterocycles. The molecule has 27 heavy (non-hydrogen) atoms. The van der Waals surface area contributed by atoms with E-state index in [9.17, 15) is 22.4 Å². The lowest BCUT2D eigenvalue weighted by Gasteiger charge is -2.23. The van der Waals surface area contributed by atoms with Crippen LogP contribution in [-0.4, -0.2) is 30.6 Å². The highest BCUT2D eigenvalue weighted by atomic mass is 32.2. The van der Waals surface area contributed by atoms with Gasteiger partial charge in [-0.25, -0.2) is 17.1 Å². The molecular formula is C19H19FN2O4S. The minimum absolute atomic E-state index is 0.0502. The molecule has 1 saturated heterocycles. The molecule has 1 atom stereocenters. The van der Waals surface area contributed by atoms with E-state index in [-0.39, 0.29) is 17.7 Å². The first kappa shape index (κ1) is 19.0. The van der Waals surface area contributed by atoms with E-state index < -0.39 is 33.7 Å². The lowest BCUT2D eigenvalue weighted by Crippen LogP contribution is -2.45. The zero-order chi connectivity index (χ0) is 19.8. The quantitative estimate of drug-likeness (QED) is 0.870. The van der Waals surface area contributed by atoms with Crippen LogP contribution in [-0.2, 0) is 19.6 Å². The van der Waals surface area contributed by atoms with Gasteiger partial charge in [-0.1, -0.05) is 6.07 Å². The third kappa shape index (κ3) is 3.71. The number of aryl methyl sites for hydroxylation is 2. The first-order chi connectivity index (χ1) is 12.7. The van der Waals surface area contributed by atoms with Crippen molar-refractivity contribution in [2.75, 3.05) is 5.32 Å². The Hall–Kier alpha value is -2.74.